The highest BCUT2D eigenvalue weighted by Gasteiger charge is 2.28. The second-order valence-electron chi connectivity index (χ2n) is 6.78. The van der Waals surface area contributed by atoms with Crippen LogP contribution in [-0.2, 0) is 25.9 Å². The Morgan fingerprint density at radius 1 is 1.46 bits per heavy atom. The molecule has 2 heterocycles. The van der Waals surface area contributed by atoms with E-state index in [0.717, 1.165) is 40.9 Å². The molecule has 1 atom stereocenters. The first-order valence-corrected chi connectivity index (χ1v) is 9.00. The van der Waals surface area contributed by atoms with E-state index < -0.39 is 5.97 Å². The zero-order chi connectivity index (χ0) is 18.8. The Balaban J connectivity index is 1.77. The van der Waals surface area contributed by atoms with Gasteiger partial charge in [0.2, 0.25) is 5.88 Å². The van der Waals surface area contributed by atoms with Gasteiger partial charge in [0.25, 0.3) is 0 Å². The monoisotopic (exact) mass is 358 g/mol. The molecule has 2 aromatic rings. The number of nitrogens with one attached hydrogen (secondary N) is 1. The van der Waals surface area contributed by atoms with E-state index in [2.05, 4.69) is 22.3 Å². The number of aryl methyl sites for hydroxylation is 3. The van der Waals surface area contributed by atoms with Crippen LogP contribution in [0.15, 0.2) is 6.07 Å². The molecule has 3 rings (SSSR count). The van der Waals surface area contributed by atoms with Crippen LogP contribution >= 0.6 is 0 Å². The number of ether oxygens (including phenoxy) is 1. The van der Waals surface area contributed by atoms with Crippen molar-refractivity contribution in [1.29, 1.82) is 0 Å². The van der Waals surface area contributed by atoms with Gasteiger partial charge in [-0.3, -0.25) is 4.68 Å². The average molecular weight is 358 g/mol. The maximum Gasteiger partial charge on any atom is 0.356 e. The first-order chi connectivity index (χ1) is 12.4. The third-order valence-electron chi connectivity index (χ3n) is 5.05. The minimum Gasteiger partial charge on any atom is -0.481 e. The van der Waals surface area contributed by atoms with E-state index in [9.17, 15) is 9.90 Å². The van der Waals surface area contributed by atoms with Crippen molar-refractivity contribution in [3.8, 4) is 5.88 Å². The maximum atomic E-state index is 11.5. The Kier molecular flexibility index (Phi) is 5.27. The standard InChI is InChI=1S/C19H26N4O3/c1-5-23-16-7-6-13(9-14(16)17(22-23)19(24)25)20-10-15-11(2)8-12(3)21-18(15)26-4/h8,13,20H,5-7,9-10H2,1-4H3,(H,24,25)/t13-/m0/s1. The van der Waals surface area contributed by atoms with Crippen molar-refractivity contribution in [1.82, 2.24) is 20.1 Å². The fourth-order valence-electron chi connectivity index (χ4n) is 3.75. The number of rotatable bonds is 6. The Morgan fingerprint density at radius 2 is 2.23 bits per heavy atom. The van der Waals surface area contributed by atoms with Crippen molar-refractivity contribution in [2.45, 2.75) is 59.2 Å². The van der Waals surface area contributed by atoms with E-state index in [1.54, 1.807) is 7.11 Å². The van der Waals surface area contributed by atoms with Crippen LogP contribution in [-0.4, -0.2) is 39.0 Å². The predicted octanol–water partition coefficient (Wildman–Crippen LogP) is 2.27. The number of hydrogen-bond donors (Lipinski definition) is 2. The highest BCUT2D eigenvalue weighted by molar-refractivity contribution is 5.87. The van der Waals surface area contributed by atoms with Crippen molar-refractivity contribution in [2.75, 3.05) is 7.11 Å². The molecular weight excluding hydrogens is 332 g/mol. The lowest BCUT2D eigenvalue weighted by molar-refractivity contribution is 0.0688. The number of aromatic nitrogens is 3. The molecule has 0 amide bonds. The average Bonchev–Trinajstić information content (AvgIpc) is 2.98. The molecule has 0 saturated heterocycles. The molecule has 0 aromatic carbocycles. The molecule has 0 radical (unpaired) electrons. The summed E-state index contributed by atoms with van der Waals surface area (Å²) in [4.78, 5) is 16.0. The molecule has 26 heavy (non-hydrogen) atoms. The van der Waals surface area contributed by atoms with Crippen molar-refractivity contribution in [3.63, 3.8) is 0 Å². The summed E-state index contributed by atoms with van der Waals surface area (Å²) in [7, 11) is 1.63. The van der Waals surface area contributed by atoms with Gasteiger partial charge in [-0.15, -0.1) is 0 Å². The molecule has 0 bridgehead atoms. The summed E-state index contributed by atoms with van der Waals surface area (Å²) < 4.78 is 7.25. The Morgan fingerprint density at radius 3 is 2.88 bits per heavy atom. The molecule has 2 N–H and O–H groups in total. The third kappa shape index (κ3) is 3.44. The van der Waals surface area contributed by atoms with Crippen molar-refractivity contribution in [3.05, 3.63) is 39.8 Å². The van der Waals surface area contributed by atoms with Gasteiger partial charge in [-0.1, -0.05) is 0 Å². The van der Waals surface area contributed by atoms with Crippen molar-refractivity contribution >= 4 is 5.97 Å². The smallest absolute Gasteiger partial charge is 0.356 e. The third-order valence-corrected chi connectivity index (χ3v) is 5.05. The fourth-order valence-corrected chi connectivity index (χ4v) is 3.75. The van der Waals surface area contributed by atoms with Gasteiger partial charge in [-0.2, -0.15) is 5.10 Å². The summed E-state index contributed by atoms with van der Waals surface area (Å²) in [5, 5.41) is 17.3. The Bertz CT molecular complexity index is 829. The summed E-state index contributed by atoms with van der Waals surface area (Å²) >= 11 is 0. The number of carboxylic acids is 1. The van der Waals surface area contributed by atoms with Crippen LogP contribution in [0.5, 0.6) is 5.88 Å². The normalized spacial score (nSPS) is 16.4. The van der Waals surface area contributed by atoms with Crippen LogP contribution in [0.3, 0.4) is 0 Å². The van der Waals surface area contributed by atoms with Crippen LogP contribution in [0.1, 0.15) is 51.9 Å². The van der Waals surface area contributed by atoms with Gasteiger partial charge in [-0.05, 0) is 51.7 Å². The van der Waals surface area contributed by atoms with Crippen LogP contribution in [0.2, 0.25) is 0 Å². The van der Waals surface area contributed by atoms with Gasteiger partial charge in [0.1, 0.15) is 0 Å². The molecule has 0 fully saturated rings. The number of carboxylic acid groups (broad SMARTS) is 1. The molecule has 1 aliphatic rings. The van der Waals surface area contributed by atoms with Gasteiger partial charge in [0, 0.05) is 41.6 Å². The number of pyridine rings is 1. The van der Waals surface area contributed by atoms with Crippen LogP contribution in [0.25, 0.3) is 0 Å². The molecule has 1 aliphatic carbocycles. The predicted molar refractivity (Wildman–Crippen MR) is 97.8 cm³/mol. The number of hydrogen-bond acceptors (Lipinski definition) is 5. The number of nitrogens with zero attached hydrogens (tertiary/aromatic N) is 3. The molecule has 0 unspecified atom stereocenters. The van der Waals surface area contributed by atoms with Gasteiger partial charge in [-0.25, -0.2) is 9.78 Å². The molecule has 0 spiro atoms. The lowest BCUT2D eigenvalue weighted by atomic mass is 9.91. The van der Waals surface area contributed by atoms with E-state index in [1.807, 2.05) is 24.6 Å². The Labute approximate surface area is 153 Å². The van der Waals surface area contributed by atoms with Gasteiger partial charge >= 0.3 is 5.97 Å². The van der Waals surface area contributed by atoms with E-state index in [0.29, 0.717) is 25.4 Å². The van der Waals surface area contributed by atoms with E-state index in [1.165, 1.54) is 0 Å². The van der Waals surface area contributed by atoms with Crippen LogP contribution < -0.4 is 10.1 Å². The summed E-state index contributed by atoms with van der Waals surface area (Å²) in [6.07, 6.45) is 2.47. The second-order valence-corrected chi connectivity index (χ2v) is 6.78. The number of methoxy groups -OCH3 is 1. The quantitative estimate of drug-likeness (QED) is 0.823. The second kappa shape index (κ2) is 7.45. The summed E-state index contributed by atoms with van der Waals surface area (Å²) in [5.41, 5.74) is 5.25. The van der Waals surface area contributed by atoms with Gasteiger partial charge in [0.05, 0.1) is 7.11 Å². The van der Waals surface area contributed by atoms with E-state index >= 15 is 0 Å². The van der Waals surface area contributed by atoms with Crippen molar-refractivity contribution < 1.29 is 14.6 Å². The van der Waals surface area contributed by atoms with Crippen LogP contribution in [0.4, 0.5) is 0 Å². The largest absolute Gasteiger partial charge is 0.481 e. The summed E-state index contributed by atoms with van der Waals surface area (Å²) in [5.74, 6) is -0.300. The SMILES string of the molecule is CCn1nc(C(=O)O)c2c1CC[C@H](NCc1c(C)cc(C)nc1OC)C2. The first-order valence-electron chi connectivity index (χ1n) is 9.00. The summed E-state index contributed by atoms with van der Waals surface area (Å²) in [6.45, 7) is 7.34. The number of fused-ring (bicyclic) bond motifs is 1. The minimum atomic E-state index is -0.950. The molecule has 0 aliphatic heterocycles. The molecule has 140 valence electrons. The number of carbonyl (C=O) groups is 1. The topological polar surface area (TPSA) is 89.3 Å². The molecule has 0 saturated carbocycles. The fraction of sp³-hybridized carbons (Fsp3) is 0.526. The maximum absolute atomic E-state index is 11.5. The van der Waals surface area contributed by atoms with Gasteiger partial charge in [0.15, 0.2) is 5.69 Å². The van der Waals surface area contributed by atoms with Crippen molar-refractivity contribution in [2.24, 2.45) is 0 Å². The molecule has 7 nitrogen and oxygen atoms in total. The Hall–Kier alpha value is -2.41. The zero-order valence-corrected chi connectivity index (χ0v) is 15.8. The van der Waals surface area contributed by atoms with E-state index in [4.69, 9.17) is 4.74 Å². The summed E-state index contributed by atoms with van der Waals surface area (Å²) in [6, 6.07) is 2.26. The highest BCUT2D eigenvalue weighted by Crippen LogP contribution is 2.26. The zero-order valence-electron chi connectivity index (χ0n) is 15.8. The molecular formula is C19H26N4O3. The van der Waals surface area contributed by atoms with Crippen LogP contribution in [0, 0.1) is 13.8 Å². The molecule has 7 heteroatoms. The first kappa shape index (κ1) is 18.4. The lowest BCUT2D eigenvalue weighted by Crippen LogP contribution is -2.35. The van der Waals surface area contributed by atoms with Gasteiger partial charge < -0.3 is 15.2 Å². The number of aromatic carboxylic acids is 1. The molecule has 2 aromatic heterocycles. The highest BCUT2D eigenvalue weighted by atomic mass is 16.5. The lowest BCUT2D eigenvalue weighted by Gasteiger charge is -2.25. The minimum absolute atomic E-state index is 0.194. The van der Waals surface area contributed by atoms with E-state index in [-0.39, 0.29) is 11.7 Å².